The van der Waals surface area contributed by atoms with Crippen LogP contribution in [0.25, 0.3) is 10.9 Å². The van der Waals surface area contributed by atoms with Gasteiger partial charge in [-0.15, -0.1) is 0 Å². The number of amides is 1. The number of anilines is 2. The highest BCUT2D eigenvalue weighted by atomic mass is 35.5. The molecule has 1 aromatic heterocycles. The minimum Gasteiger partial charge on any atom is -0.497 e. The number of hydrogen-bond acceptors (Lipinski definition) is 9. The lowest BCUT2D eigenvalue weighted by Gasteiger charge is -2.19. The van der Waals surface area contributed by atoms with Crippen LogP contribution in [-0.4, -0.2) is 50.4 Å². The van der Waals surface area contributed by atoms with Gasteiger partial charge in [0, 0.05) is 47.9 Å². The van der Waals surface area contributed by atoms with Crippen LogP contribution in [0.15, 0.2) is 72.4 Å². The molecule has 47 heavy (non-hydrogen) atoms. The molecule has 3 aromatic carbocycles. The highest BCUT2D eigenvalue weighted by Gasteiger charge is 2.21. The van der Waals surface area contributed by atoms with E-state index in [-0.39, 0.29) is 18.6 Å². The highest BCUT2D eigenvalue weighted by Crippen LogP contribution is 2.36. The summed E-state index contributed by atoms with van der Waals surface area (Å²) >= 11 is 6.64. The molecule has 4 aromatic rings. The number of nitrogens with one attached hydrogen (secondary N) is 3. The Labute approximate surface area is 278 Å². The number of benzene rings is 3. The summed E-state index contributed by atoms with van der Waals surface area (Å²) in [6, 6.07) is 19.0. The lowest BCUT2D eigenvalue weighted by molar-refractivity contribution is -0.116. The number of nitrogens with zero attached hydrogens (tertiary/aromatic N) is 2. The fraction of sp³-hybridized carbons (Fsp3) is 0.306. The van der Waals surface area contributed by atoms with Gasteiger partial charge in [-0.2, -0.15) is 5.26 Å². The summed E-state index contributed by atoms with van der Waals surface area (Å²) in [7, 11) is 1.62. The van der Waals surface area contributed by atoms with E-state index in [0.717, 1.165) is 54.8 Å². The molecule has 0 aliphatic carbocycles. The van der Waals surface area contributed by atoms with E-state index in [9.17, 15) is 10.1 Å². The Morgan fingerprint density at radius 3 is 2.81 bits per heavy atom. The Kier molecular flexibility index (Phi) is 10.4. The van der Waals surface area contributed by atoms with Crippen molar-refractivity contribution in [2.75, 3.05) is 38.7 Å². The second-order valence-electron chi connectivity index (χ2n) is 11.4. The molecule has 0 bridgehead atoms. The van der Waals surface area contributed by atoms with Gasteiger partial charge in [0.2, 0.25) is 5.91 Å². The van der Waals surface area contributed by atoms with Crippen molar-refractivity contribution >= 4 is 39.8 Å². The van der Waals surface area contributed by atoms with E-state index in [1.54, 1.807) is 25.3 Å². The maximum atomic E-state index is 12.9. The summed E-state index contributed by atoms with van der Waals surface area (Å²) in [5.41, 5.74) is 5.07. The monoisotopic (exact) mass is 653 g/mol. The van der Waals surface area contributed by atoms with Crippen LogP contribution in [0.3, 0.4) is 0 Å². The van der Waals surface area contributed by atoms with Gasteiger partial charge in [-0.25, -0.2) is 0 Å². The first kappa shape index (κ1) is 32.1. The summed E-state index contributed by atoms with van der Waals surface area (Å²) in [6.07, 6.45) is 5.63. The summed E-state index contributed by atoms with van der Waals surface area (Å²) in [5.74, 6) is 1.74. The van der Waals surface area contributed by atoms with Crippen LogP contribution in [-0.2, 0) is 22.7 Å². The Bertz CT molecular complexity index is 1830. The quantitative estimate of drug-likeness (QED) is 0.163. The topological polar surface area (TPSA) is 127 Å². The summed E-state index contributed by atoms with van der Waals surface area (Å²) in [6.45, 7) is 3.44. The van der Waals surface area contributed by atoms with Crippen molar-refractivity contribution < 1.29 is 23.7 Å². The van der Waals surface area contributed by atoms with Crippen LogP contribution in [0.5, 0.6) is 17.2 Å². The van der Waals surface area contributed by atoms with Crippen molar-refractivity contribution in [2.45, 2.75) is 38.5 Å². The number of ether oxygens (including phenoxy) is 4. The smallest absolute Gasteiger partial charge is 0.244 e. The van der Waals surface area contributed by atoms with Crippen LogP contribution in [0.1, 0.15) is 36.0 Å². The molecule has 2 aliphatic rings. The molecule has 0 saturated carbocycles. The maximum absolute atomic E-state index is 12.9. The second-order valence-corrected chi connectivity index (χ2v) is 11.8. The molecule has 2 fully saturated rings. The van der Waals surface area contributed by atoms with Crippen LogP contribution >= 0.6 is 11.6 Å². The van der Waals surface area contributed by atoms with Crippen molar-refractivity contribution in [3.63, 3.8) is 0 Å². The van der Waals surface area contributed by atoms with Gasteiger partial charge in [0.05, 0.1) is 42.1 Å². The summed E-state index contributed by atoms with van der Waals surface area (Å²) in [5, 5.41) is 20.9. The fourth-order valence-electron chi connectivity index (χ4n) is 5.59. The SMILES string of the molecule is COc1cccc(COc2ccc(Nc3c(C#N)cnc4cc(OC5CCOC5)c(CNC(=O)C=C5CCNCC5)cc34)cc2Cl)c1. The second kappa shape index (κ2) is 15.2. The third kappa shape index (κ3) is 8.13. The molecule has 1 unspecified atom stereocenters. The number of carbonyl (C=O) groups is 1. The van der Waals surface area contributed by atoms with Crippen molar-refractivity contribution in [2.24, 2.45) is 0 Å². The van der Waals surface area contributed by atoms with Gasteiger partial charge in [-0.3, -0.25) is 9.78 Å². The van der Waals surface area contributed by atoms with Crippen molar-refractivity contribution in [3.05, 3.63) is 94.2 Å². The summed E-state index contributed by atoms with van der Waals surface area (Å²) < 4.78 is 23.1. The fourth-order valence-corrected chi connectivity index (χ4v) is 5.83. The van der Waals surface area contributed by atoms with Gasteiger partial charge in [-0.05, 0) is 67.9 Å². The highest BCUT2D eigenvalue weighted by molar-refractivity contribution is 6.32. The molecule has 2 aliphatic heterocycles. The average Bonchev–Trinajstić information content (AvgIpc) is 3.61. The van der Waals surface area contributed by atoms with Crippen LogP contribution < -0.4 is 30.2 Å². The number of pyridine rings is 1. The van der Waals surface area contributed by atoms with Crippen LogP contribution in [0, 0.1) is 11.3 Å². The number of halogens is 1. The molecular weight excluding hydrogens is 618 g/mol. The Hall–Kier alpha value is -4.82. The number of rotatable bonds is 11. The Balaban J connectivity index is 1.26. The maximum Gasteiger partial charge on any atom is 0.244 e. The zero-order chi connectivity index (χ0) is 32.6. The molecule has 3 heterocycles. The van der Waals surface area contributed by atoms with Gasteiger partial charge >= 0.3 is 0 Å². The number of hydrogen-bond donors (Lipinski definition) is 3. The zero-order valence-corrected chi connectivity index (χ0v) is 26.9. The third-order valence-electron chi connectivity index (χ3n) is 8.12. The van der Waals surface area contributed by atoms with Gasteiger partial charge in [0.15, 0.2) is 0 Å². The predicted molar refractivity (Wildman–Crippen MR) is 180 cm³/mol. The molecule has 242 valence electrons. The van der Waals surface area contributed by atoms with E-state index in [1.165, 1.54) is 6.20 Å². The van der Waals surface area contributed by atoms with E-state index in [0.29, 0.717) is 64.2 Å². The number of methoxy groups -OCH3 is 1. The van der Waals surface area contributed by atoms with E-state index in [2.05, 4.69) is 27.0 Å². The number of fused-ring (bicyclic) bond motifs is 1. The molecule has 10 nitrogen and oxygen atoms in total. The molecule has 1 atom stereocenters. The first-order valence-electron chi connectivity index (χ1n) is 15.6. The minimum atomic E-state index is -0.150. The molecule has 11 heteroatoms. The molecule has 1 amide bonds. The number of nitriles is 1. The van der Waals surface area contributed by atoms with E-state index >= 15 is 0 Å². The van der Waals surface area contributed by atoms with Crippen molar-refractivity contribution in [1.29, 1.82) is 5.26 Å². The number of piperidine rings is 1. The third-order valence-corrected chi connectivity index (χ3v) is 8.41. The predicted octanol–water partition coefficient (Wildman–Crippen LogP) is 6.18. The Morgan fingerprint density at radius 2 is 2.04 bits per heavy atom. The van der Waals surface area contributed by atoms with E-state index < -0.39 is 0 Å². The molecule has 2 saturated heterocycles. The first-order valence-corrected chi connectivity index (χ1v) is 16.0. The standard InChI is InChI=1S/C36H36ClN5O5/c1-44-28-4-2-3-24(13-28)21-46-33-6-5-27(16-31(33)37)42-36-26(18-38)20-40-32-17-34(47-29-9-12-45-22-29)25(15-30(32)36)19-41-35(43)14-23-7-10-39-11-8-23/h2-6,13-17,20,29,39H,7-12,19,21-22H2,1H3,(H,40,42)(H,41,43). The van der Waals surface area contributed by atoms with Crippen molar-refractivity contribution in [1.82, 2.24) is 15.6 Å². The largest absolute Gasteiger partial charge is 0.497 e. The lowest BCUT2D eigenvalue weighted by Crippen LogP contribution is -2.26. The molecule has 3 N–H and O–H groups in total. The molecular formula is C36H36ClN5O5. The van der Waals surface area contributed by atoms with Crippen molar-refractivity contribution in [3.8, 4) is 23.3 Å². The molecule has 6 rings (SSSR count). The van der Waals surface area contributed by atoms with Gasteiger partial charge in [0.25, 0.3) is 0 Å². The van der Waals surface area contributed by atoms with Crippen LogP contribution in [0.2, 0.25) is 5.02 Å². The number of aromatic nitrogens is 1. The van der Waals surface area contributed by atoms with Gasteiger partial charge in [-0.1, -0.05) is 29.3 Å². The molecule has 0 radical (unpaired) electrons. The zero-order valence-electron chi connectivity index (χ0n) is 26.1. The van der Waals surface area contributed by atoms with E-state index in [4.69, 9.17) is 30.5 Å². The average molecular weight is 654 g/mol. The first-order chi connectivity index (χ1) is 23.0. The Morgan fingerprint density at radius 1 is 1.17 bits per heavy atom. The van der Waals surface area contributed by atoms with E-state index in [1.807, 2.05) is 42.5 Å². The lowest BCUT2D eigenvalue weighted by atomic mass is 10.0. The van der Waals surface area contributed by atoms with Gasteiger partial charge < -0.3 is 34.9 Å². The van der Waals surface area contributed by atoms with Crippen LogP contribution in [0.4, 0.5) is 11.4 Å². The van der Waals surface area contributed by atoms with Gasteiger partial charge in [0.1, 0.15) is 36.0 Å². The normalized spacial score (nSPS) is 15.9. The molecule has 0 spiro atoms. The minimum absolute atomic E-state index is 0.0958. The summed E-state index contributed by atoms with van der Waals surface area (Å²) in [4.78, 5) is 17.4. The number of carbonyl (C=O) groups excluding carboxylic acids is 1.